The number of carbonyl (C=O) groups is 1. The van der Waals surface area contributed by atoms with Gasteiger partial charge in [-0.15, -0.1) is 0 Å². The summed E-state index contributed by atoms with van der Waals surface area (Å²) in [5.74, 6) is 1.52. The fraction of sp³-hybridized carbons (Fsp3) is 0.381. The van der Waals surface area contributed by atoms with Gasteiger partial charge in [-0.2, -0.15) is 0 Å². The molecule has 2 aromatic rings. The lowest BCUT2D eigenvalue weighted by atomic mass is 10.1. The third-order valence-electron chi connectivity index (χ3n) is 4.63. The van der Waals surface area contributed by atoms with Crippen LogP contribution in [0.4, 0.5) is 10.5 Å². The number of nitrogens with one attached hydrogen (secondary N) is 1. The van der Waals surface area contributed by atoms with Crippen LogP contribution in [0.2, 0.25) is 0 Å². The van der Waals surface area contributed by atoms with Crippen LogP contribution in [-0.2, 0) is 11.3 Å². The molecule has 27 heavy (non-hydrogen) atoms. The number of hydrogen-bond donors (Lipinski definition) is 1. The zero-order valence-electron chi connectivity index (χ0n) is 15.8. The van der Waals surface area contributed by atoms with Crippen molar-refractivity contribution in [3.63, 3.8) is 0 Å². The van der Waals surface area contributed by atoms with Crippen LogP contribution in [0.5, 0.6) is 11.5 Å². The van der Waals surface area contributed by atoms with Gasteiger partial charge in [0.15, 0.2) is 0 Å². The van der Waals surface area contributed by atoms with Crippen LogP contribution >= 0.6 is 0 Å². The lowest BCUT2D eigenvalue weighted by Crippen LogP contribution is -2.39. The molecule has 1 aliphatic rings. The molecule has 1 atom stereocenters. The number of hydrogen-bond acceptors (Lipinski definition) is 4. The highest BCUT2D eigenvalue weighted by Crippen LogP contribution is 2.22. The van der Waals surface area contributed by atoms with E-state index in [9.17, 15) is 4.79 Å². The van der Waals surface area contributed by atoms with Crippen molar-refractivity contribution in [3.8, 4) is 11.5 Å². The summed E-state index contributed by atoms with van der Waals surface area (Å²) in [6.45, 7) is 1.75. The summed E-state index contributed by atoms with van der Waals surface area (Å²) in [6.07, 6.45) is 2.08. The largest absolute Gasteiger partial charge is 0.497 e. The van der Waals surface area contributed by atoms with Gasteiger partial charge in [0.25, 0.3) is 0 Å². The van der Waals surface area contributed by atoms with Gasteiger partial charge in [-0.1, -0.05) is 18.2 Å². The van der Waals surface area contributed by atoms with E-state index in [-0.39, 0.29) is 12.1 Å². The van der Waals surface area contributed by atoms with Gasteiger partial charge >= 0.3 is 6.03 Å². The first kappa shape index (κ1) is 19.0. The first-order valence-electron chi connectivity index (χ1n) is 9.13. The molecule has 2 aromatic carbocycles. The molecule has 6 heteroatoms. The Morgan fingerprint density at radius 3 is 2.59 bits per heavy atom. The van der Waals surface area contributed by atoms with Crippen LogP contribution in [0.25, 0.3) is 0 Å². The van der Waals surface area contributed by atoms with Crippen molar-refractivity contribution in [2.75, 3.05) is 32.7 Å². The van der Waals surface area contributed by atoms with E-state index in [2.05, 4.69) is 5.32 Å². The molecule has 1 saturated heterocycles. The van der Waals surface area contributed by atoms with E-state index < -0.39 is 0 Å². The van der Waals surface area contributed by atoms with Crippen molar-refractivity contribution in [2.45, 2.75) is 25.5 Å². The second kappa shape index (κ2) is 9.28. The Balaban J connectivity index is 1.74. The molecule has 144 valence electrons. The fourth-order valence-electron chi connectivity index (χ4n) is 3.17. The lowest BCUT2D eigenvalue weighted by Gasteiger charge is -2.26. The molecule has 0 aliphatic carbocycles. The van der Waals surface area contributed by atoms with Crippen LogP contribution in [-0.4, -0.2) is 44.4 Å². The maximum absolute atomic E-state index is 12.9. The minimum Gasteiger partial charge on any atom is -0.497 e. The summed E-state index contributed by atoms with van der Waals surface area (Å²) in [7, 11) is 3.25. The molecule has 1 unspecified atom stereocenters. The van der Waals surface area contributed by atoms with Crippen molar-refractivity contribution in [1.82, 2.24) is 4.90 Å². The van der Waals surface area contributed by atoms with Gasteiger partial charge in [-0.25, -0.2) is 4.79 Å². The summed E-state index contributed by atoms with van der Waals surface area (Å²) in [5, 5.41) is 2.96. The van der Waals surface area contributed by atoms with Crippen molar-refractivity contribution >= 4 is 11.7 Å². The smallest absolute Gasteiger partial charge is 0.322 e. The van der Waals surface area contributed by atoms with Gasteiger partial charge in [-0.05, 0) is 43.2 Å². The van der Waals surface area contributed by atoms with Crippen LogP contribution in [0.1, 0.15) is 18.4 Å². The Hall–Kier alpha value is -2.73. The Kier molecular flexibility index (Phi) is 6.54. The molecule has 1 N–H and O–H groups in total. The van der Waals surface area contributed by atoms with Gasteiger partial charge in [0.1, 0.15) is 11.5 Å². The van der Waals surface area contributed by atoms with Crippen molar-refractivity contribution in [3.05, 3.63) is 54.1 Å². The summed E-state index contributed by atoms with van der Waals surface area (Å²) in [5.41, 5.74) is 1.68. The molecule has 0 aromatic heterocycles. The molecular weight excluding hydrogens is 344 g/mol. The Bertz CT molecular complexity index is 742. The molecule has 0 spiro atoms. The second-order valence-electron chi connectivity index (χ2n) is 6.49. The Morgan fingerprint density at radius 1 is 1.15 bits per heavy atom. The number of ether oxygens (including phenoxy) is 3. The number of nitrogens with zero attached hydrogens (tertiary/aromatic N) is 1. The van der Waals surface area contributed by atoms with Gasteiger partial charge in [0.05, 0.1) is 26.9 Å². The minimum atomic E-state index is -0.165. The SMILES string of the molecule is COc1ccc(NC(=O)N(Cc2ccccc2OC)CC2CCCO2)cc1. The lowest BCUT2D eigenvalue weighted by molar-refractivity contribution is 0.0817. The molecule has 1 heterocycles. The zero-order valence-corrected chi connectivity index (χ0v) is 15.8. The monoisotopic (exact) mass is 370 g/mol. The minimum absolute atomic E-state index is 0.0707. The van der Waals surface area contributed by atoms with Crippen LogP contribution in [0, 0.1) is 0 Å². The molecular formula is C21H26N2O4. The van der Waals surface area contributed by atoms with Crippen LogP contribution < -0.4 is 14.8 Å². The normalized spacial score (nSPS) is 16.0. The first-order valence-corrected chi connectivity index (χ1v) is 9.13. The molecule has 3 rings (SSSR count). The highest BCUT2D eigenvalue weighted by molar-refractivity contribution is 5.89. The summed E-state index contributed by atoms with van der Waals surface area (Å²) >= 11 is 0. The third-order valence-corrected chi connectivity index (χ3v) is 4.63. The summed E-state index contributed by atoms with van der Waals surface area (Å²) in [4.78, 5) is 14.7. The summed E-state index contributed by atoms with van der Waals surface area (Å²) in [6, 6.07) is 14.9. The van der Waals surface area contributed by atoms with Crippen LogP contribution in [0.15, 0.2) is 48.5 Å². The first-order chi connectivity index (χ1) is 13.2. The van der Waals surface area contributed by atoms with E-state index in [1.54, 1.807) is 19.1 Å². The molecule has 1 aliphatic heterocycles. The average Bonchev–Trinajstić information content (AvgIpc) is 3.21. The van der Waals surface area contributed by atoms with Gasteiger partial charge in [-0.3, -0.25) is 0 Å². The molecule has 0 bridgehead atoms. The van der Waals surface area contributed by atoms with Gasteiger partial charge < -0.3 is 24.4 Å². The van der Waals surface area contributed by atoms with E-state index in [1.165, 1.54) is 0 Å². The molecule has 2 amide bonds. The number of amides is 2. The summed E-state index contributed by atoms with van der Waals surface area (Å²) < 4.78 is 16.3. The Labute approximate surface area is 160 Å². The van der Waals surface area contributed by atoms with E-state index in [0.29, 0.717) is 13.1 Å². The molecule has 0 saturated carbocycles. The van der Waals surface area contributed by atoms with Crippen molar-refractivity contribution in [1.29, 1.82) is 0 Å². The quantitative estimate of drug-likeness (QED) is 0.803. The highest BCUT2D eigenvalue weighted by Gasteiger charge is 2.23. The van der Waals surface area contributed by atoms with E-state index >= 15 is 0 Å². The topological polar surface area (TPSA) is 60.0 Å². The number of anilines is 1. The number of urea groups is 1. The molecule has 0 radical (unpaired) electrons. The maximum Gasteiger partial charge on any atom is 0.322 e. The zero-order chi connectivity index (χ0) is 19.1. The highest BCUT2D eigenvalue weighted by atomic mass is 16.5. The van der Waals surface area contributed by atoms with Gasteiger partial charge in [0.2, 0.25) is 0 Å². The standard InChI is InChI=1S/C21H26N2O4/c1-25-18-11-9-17(10-12-18)22-21(24)23(15-19-7-5-13-27-19)14-16-6-3-4-8-20(16)26-2/h3-4,6,8-12,19H,5,7,13-15H2,1-2H3,(H,22,24). The maximum atomic E-state index is 12.9. The molecule has 6 nitrogen and oxygen atoms in total. The van der Waals surface area contributed by atoms with E-state index in [0.717, 1.165) is 42.2 Å². The number of methoxy groups -OCH3 is 2. The van der Waals surface area contributed by atoms with E-state index in [1.807, 2.05) is 48.5 Å². The van der Waals surface area contributed by atoms with Crippen LogP contribution in [0.3, 0.4) is 0 Å². The fourth-order valence-corrected chi connectivity index (χ4v) is 3.17. The average molecular weight is 370 g/mol. The second-order valence-corrected chi connectivity index (χ2v) is 6.49. The molecule has 1 fully saturated rings. The van der Waals surface area contributed by atoms with E-state index in [4.69, 9.17) is 14.2 Å². The van der Waals surface area contributed by atoms with Crippen molar-refractivity contribution < 1.29 is 19.0 Å². The number of rotatable bonds is 7. The third kappa shape index (κ3) is 5.14. The predicted octanol–water partition coefficient (Wildman–Crippen LogP) is 3.92. The number of carbonyl (C=O) groups excluding carboxylic acids is 1. The van der Waals surface area contributed by atoms with Crippen molar-refractivity contribution in [2.24, 2.45) is 0 Å². The number of para-hydroxylation sites is 1. The Morgan fingerprint density at radius 2 is 1.93 bits per heavy atom. The number of benzene rings is 2. The predicted molar refractivity (Wildman–Crippen MR) is 104 cm³/mol. The van der Waals surface area contributed by atoms with Gasteiger partial charge in [0, 0.05) is 24.4 Å².